The summed E-state index contributed by atoms with van der Waals surface area (Å²) < 4.78 is 39.8. The van der Waals surface area contributed by atoms with Crippen LogP contribution >= 0.6 is 15.9 Å². The Morgan fingerprint density at radius 3 is 2.58 bits per heavy atom. The number of benzene rings is 1. The van der Waals surface area contributed by atoms with Crippen molar-refractivity contribution in [2.75, 3.05) is 23.3 Å². The average Bonchev–Trinajstić information content (AvgIpc) is 3.23. The Morgan fingerprint density at radius 2 is 2.00 bits per heavy atom. The van der Waals surface area contributed by atoms with E-state index >= 15 is 0 Å². The van der Waals surface area contributed by atoms with E-state index in [1.54, 1.807) is 25.1 Å². The van der Waals surface area contributed by atoms with Crippen LogP contribution < -0.4 is 14.9 Å². The number of piperidine rings is 1. The fourth-order valence-corrected chi connectivity index (χ4v) is 4.52. The average molecular weight is 590 g/mol. The van der Waals surface area contributed by atoms with Crippen molar-refractivity contribution in [2.24, 2.45) is 0 Å². The molecule has 4 N–H and O–H groups in total. The predicted octanol–water partition coefficient (Wildman–Crippen LogP) is 3.46. The zero-order chi connectivity index (χ0) is 26.6. The molecule has 1 saturated heterocycles. The van der Waals surface area contributed by atoms with E-state index in [2.05, 4.69) is 36.3 Å². The van der Waals surface area contributed by atoms with Crippen molar-refractivity contribution in [2.45, 2.75) is 45.3 Å². The lowest BCUT2D eigenvalue weighted by Gasteiger charge is -2.31. The van der Waals surface area contributed by atoms with Gasteiger partial charge in [-0.2, -0.15) is 0 Å². The number of aromatic nitrogens is 2. The van der Waals surface area contributed by atoms with Crippen LogP contribution in [-0.2, 0) is 15.9 Å². The third-order valence-corrected chi connectivity index (χ3v) is 6.67. The number of carboxylic acid groups (broad SMARTS) is 1. The molecule has 0 saturated carbocycles. The molecule has 196 valence electrons. The molecule has 1 aliphatic heterocycles. The number of hydrogen-bond acceptors (Lipinski definition) is 9. The standard InChI is InChI=1S/C20H25BrFN7O6S/c1-20(2,3)34-18(30)27-36(33)28-8-6-11(7-9-28)24-17-15(25-35-26-17)16(23)29(19(31)32)12-4-5-14(22)13(21)10-12/h4-5,10-11,23H,6-9H2,1-3H3,(H,24,26)(H,27,30)(H,31,32). The van der Waals surface area contributed by atoms with Crippen LogP contribution in [0.1, 0.15) is 39.3 Å². The summed E-state index contributed by atoms with van der Waals surface area (Å²) in [6, 6.07) is 3.32. The largest absolute Gasteiger partial charge is 0.464 e. The SMILES string of the molecule is CC(C)(C)OC(=O)NS(=O)N1CCC(Nc2nonc2C(=N)N(C(=O)O)c2ccc(F)c(Br)c2)CC1. The van der Waals surface area contributed by atoms with Crippen LogP contribution in [0.2, 0.25) is 0 Å². The lowest BCUT2D eigenvalue weighted by molar-refractivity contribution is 0.0569. The molecule has 0 spiro atoms. The van der Waals surface area contributed by atoms with Crippen LogP contribution in [0.4, 0.5) is 25.5 Å². The first-order chi connectivity index (χ1) is 16.9. The number of carbonyl (C=O) groups excluding carboxylic acids is 1. The van der Waals surface area contributed by atoms with Crippen LogP contribution in [0.15, 0.2) is 27.3 Å². The molecule has 1 aromatic carbocycles. The van der Waals surface area contributed by atoms with Gasteiger partial charge < -0.3 is 15.2 Å². The van der Waals surface area contributed by atoms with E-state index in [1.807, 2.05) is 0 Å². The minimum absolute atomic E-state index is 0.0167. The summed E-state index contributed by atoms with van der Waals surface area (Å²) in [4.78, 5) is 24.4. The Bertz CT molecular complexity index is 1170. The summed E-state index contributed by atoms with van der Waals surface area (Å²) in [5.41, 5.74) is -0.857. The Morgan fingerprint density at radius 1 is 1.33 bits per heavy atom. The van der Waals surface area contributed by atoms with Gasteiger partial charge >= 0.3 is 12.2 Å². The zero-order valence-corrected chi connectivity index (χ0v) is 22.0. The van der Waals surface area contributed by atoms with E-state index in [-0.39, 0.29) is 27.7 Å². The highest BCUT2D eigenvalue weighted by Crippen LogP contribution is 2.26. The van der Waals surface area contributed by atoms with E-state index in [0.717, 1.165) is 6.07 Å². The van der Waals surface area contributed by atoms with Crippen LogP contribution in [-0.4, -0.2) is 66.7 Å². The molecule has 3 rings (SSSR count). The molecule has 1 unspecified atom stereocenters. The summed E-state index contributed by atoms with van der Waals surface area (Å²) in [5.74, 6) is -1.08. The van der Waals surface area contributed by atoms with Crippen LogP contribution in [0, 0.1) is 11.2 Å². The van der Waals surface area contributed by atoms with E-state index in [9.17, 15) is 23.3 Å². The second-order valence-corrected chi connectivity index (χ2v) is 10.8. The molecule has 2 amide bonds. The van der Waals surface area contributed by atoms with Crippen LogP contribution in [0.25, 0.3) is 0 Å². The normalized spacial score (nSPS) is 15.7. The molecule has 1 atom stereocenters. The smallest absolute Gasteiger partial charge is 0.420 e. The molecule has 2 heterocycles. The molecule has 0 aliphatic carbocycles. The number of carbonyl (C=O) groups is 2. The molecule has 2 aromatic rings. The maximum atomic E-state index is 13.6. The number of rotatable bonds is 6. The van der Waals surface area contributed by atoms with Gasteiger partial charge in [-0.05, 0) is 78.1 Å². The van der Waals surface area contributed by atoms with Crippen molar-refractivity contribution in [3.63, 3.8) is 0 Å². The second-order valence-electron chi connectivity index (χ2n) is 8.73. The summed E-state index contributed by atoms with van der Waals surface area (Å²) in [5, 5.41) is 28.6. The summed E-state index contributed by atoms with van der Waals surface area (Å²) in [6.07, 6.45) is -1.28. The molecule has 16 heteroatoms. The maximum absolute atomic E-state index is 13.6. The lowest BCUT2D eigenvalue weighted by Crippen LogP contribution is -2.46. The van der Waals surface area contributed by atoms with E-state index in [1.165, 1.54) is 12.1 Å². The number of halogens is 2. The molecule has 36 heavy (non-hydrogen) atoms. The first-order valence-corrected chi connectivity index (χ1v) is 12.6. The molecule has 1 aliphatic rings. The predicted molar refractivity (Wildman–Crippen MR) is 131 cm³/mol. The highest BCUT2D eigenvalue weighted by molar-refractivity contribution is 9.10. The quantitative estimate of drug-likeness (QED) is 0.290. The first kappa shape index (κ1) is 27.5. The van der Waals surface area contributed by atoms with Crippen molar-refractivity contribution < 1.29 is 32.7 Å². The van der Waals surface area contributed by atoms with Gasteiger partial charge in [0.15, 0.2) is 11.5 Å². The van der Waals surface area contributed by atoms with Crippen LogP contribution in [0.3, 0.4) is 0 Å². The highest BCUT2D eigenvalue weighted by atomic mass is 79.9. The molecule has 0 radical (unpaired) electrons. The van der Waals surface area contributed by atoms with E-state index in [4.69, 9.17) is 14.8 Å². The van der Waals surface area contributed by atoms with Gasteiger partial charge in [0.1, 0.15) is 11.4 Å². The number of ether oxygens (including phenoxy) is 1. The van der Waals surface area contributed by atoms with Crippen molar-refractivity contribution in [3.05, 3.63) is 34.2 Å². The second kappa shape index (κ2) is 11.3. The fraction of sp³-hybridized carbons (Fsp3) is 0.450. The summed E-state index contributed by atoms with van der Waals surface area (Å²) >= 11 is 1.23. The minimum Gasteiger partial charge on any atom is -0.464 e. The molecule has 1 aromatic heterocycles. The molecule has 0 bridgehead atoms. The summed E-state index contributed by atoms with van der Waals surface area (Å²) in [7, 11) is 0. The Kier molecular flexibility index (Phi) is 8.63. The summed E-state index contributed by atoms with van der Waals surface area (Å²) in [6.45, 7) is 5.83. The first-order valence-electron chi connectivity index (χ1n) is 10.7. The van der Waals surface area contributed by atoms with E-state index in [0.29, 0.717) is 30.8 Å². The lowest BCUT2D eigenvalue weighted by atomic mass is 10.1. The topological polar surface area (TPSA) is 174 Å². The Balaban J connectivity index is 1.63. The van der Waals surface area contributed by atoms with Crippen molar-refractivity contribution in [1.29, 1.82) is 5.41 Å². The maximum Gasteiger partial charge on any atom is 0.420 e. The Hall–Kier alpha value is -3.11. The van der Waals surface area contributed by atoms with Gasteiger partial charge in [0.05, 0.1) is 10.2 Å². The monoisotopic (exact) mass is 589 g/mol. The fourth-order valence-electron chi connectivity index (χ4n) is 3.30. The third kappa shape index (κ3) is 6.98. The molecular formula is C20H25BrFN7O6S. The highest BCUT2D eigenvalue weighted by Gasteiger charge is 2.30. The van der Waals surface area contributed by atoms with Gasteiger partial charge in [0, 0.05) is 19.1 Å². The number of nitrogens with one attached hydrogen (secondary N) is 3. The van der Waals surface area contributed by atoms with Gasteiger partial charge in [-0.15, -0.1) is 0 Å². The third-order valence-electron chi connectivity index (χ3n) is 4.89. The van der Waals surface area contributed by atoms with Gasteiger partial charge in [-0.1, -0.05) is 0 Å². The Labute approximate surface area is 216 Å². The molecule has 13 nitrogen and oxygen atoms in total. The number of hydrogen-bond donors (Lipinski definition) is 4. The van der Waals surface area contributed by atoms with Gasteiger partial charge in [-0.3, -0.25) is 5.41 Å². The number of amidine groups is 1. The van der Waals surface area contributed by atoms with E-state index < -0.39 is 40.6 Å². The van der Waals surface area contributed by atoms with Gasteiger partial charge in [-0.25, -0.2) is 36.7 Å². The molecule has 1 fully saturated rings. The van der Waals surface area contributed by atoms with Gasteiger partial charge in [0.2, 0.25) is 17.0 Å². The molecular weight excluding hydrogens is 565 g/mol. The van der Waals surface area contributed by atoms with Crippen molar-refractivity contribution >= 4 is 56.6 Å². The van der Waals surface area contributed by atoms with Crippen molar-refractivity contribution in [3.8, 4) is 0 Å². The number of nitrogens with zero attached hydrogens (tertiary/aromatic N) is 4. The van der Waals surface area contributed by atoms with Crippen LogP contribution in [0.5, 0.6) is 0 Å². The number of anilines is 2. The number of amides is 2. The minimum atomic E-state index is -1.78. The van der Waals surface area contributed by atoms with Gasteiger partial charge in [0.25, 0.3) is 0 Å². The zero-order valence-electron chi connectivity index (χ0n) is 19.6. The van der Waals surface area contributed by atoms with Crippen molar-refractivity contribution in [1.82, 2.24) is 19.3 Å².